The van der Waals surface area contributed by atoms with Crippen molar-refractivity contribution in [2.45, 2.75) is 37.0 Å². The zero-order chi connectivity index (χ0) is 13.0. The topological polar surface area (TPSA) is 58.4 Å². The zero-order valence-corrected chi connectivity index (χ0v) is 12.2. The Bertz CT molecular complexity index is 310. The number of hydrogen-bond donors (Lipinski definition) is 2. The van der Waals surface area contributed by atoms with Gasteiger partial charge in [0.25, 0.3) is 0 Å². The van der Waals surface area contributed by atoms with Crippen LogP contribution in [0.3, 0.4) is 0 Å². The van der Waals surface area contributed by atoms with Gasteiger partial charge in [0.1, 0.15) is 0 Å². The molecule has 1 unspecified atom stereocenters. The number of carbonyl (C=O) groups is 1. The summed E-state index contributed by atoms with van der Waals surface area (Å²) in [6.07, 6.45) is 4.23. The molecule has 0 radical (unpaired) electrons. The number of rotatable bonds is 4. The number of likely N-dealkylation sites (tertiary alicyclic amines) is 1. The standard InChI is InChI=1S/C12H21N3OS2/c13-11(17)8-15-5-3-9(4-6-15)14-12(16)10-2-1-7-18-10/h9-10H,1-8H2,(H2,13,17)(H,14,16). The van der Waals surface area contributed by atoms with Gasteiger partial charge in [-0.2, -0.15) is 0 Å². The molecule has 2 saturated heterocycles. The molecule has 1 amide bonds. The third-order valence-corrected chi connectivity index (χ3v) is 5.04. The highest BCUT2D eigenvalue weighted by molar-refractivity contribution is 8.00. The summed E-state index contributed by atoms with van der Waals surface area (Å²) in [4.78, 5) is 14.8. The predicted octanol–water partition coefficient (Wildman–Crippen LogP) is 0.749. The number of piperidine rings is 1. The van der Waals surface area contributed by atoms with Crippen LogP contribution < -0.4 is 11.1 Å². The fourth-order valence-corrected chi connectivity index (χ4v) is 3.89. The number of thiocarbonyl (C=S) groups is 1. The van der Waals surface area contributed by atoms with Crippen molar-refractivity contribution in [2.75, 3.05) is 25.4 Å². The molecule has 1 atom stereocenters. The third kappa shape index (κ3) is 4.10. The van der Waals surface area contributed by atoms with Gasteiger partial charge in [0.15, 0.2) is 0 Å². The number of carbonyl (C=O) groups excluding carboxylic acids is 1. The van der Waals surface area contributed by atoms with E-state index in [4.69, 9.17) is 18.0 Å². The molecule has 6 heteroatoms. The van der Waals surface area contributed by atoms with Crippen LogP contribution in [0.4, 0.5) is 0 Å². The van der Waals surface area contributed by atoms with E-state index in [1.807, 2.05) is 0 Å². The van der Waals surface area contributed by atoms with E-state index in [0.717, 1.165) is 38.1 Å². The smallest absolute Gasteiger partial charge is 0.233 e. The number of nitrogens with zero attached hydrogens (tertiary/aromatic N) is 1. The molecule has 2 rings (SSSR count). The number of thioether (sulfide) groups is 1. The summed E-state index contributed by atoms with van der Waals surface area (Å²) >= 11 is 6.70. The molecule has 0 aliphatic carbocycles. The molecule has 102 valence electrons. The first kappa shape index (κ1) is 14.1. The molecule has 0 aromatic carbocycles. The van der Waals surface area contributed by atoms with Gasteiger partial charge < -0.3 is 11.1 Å². The molecule has 2 aliphatic heterocycles. The van der Waals surface area contributed by atoms with E-state index in [0.29, 0.717) is 17.6 Å². The molecule has 2 aliphatic rings. The monoisotopic (exact) mass is 287 g/mol. The zero-order valence-electron chi connectivity index (χ0n) is 10.6. The molecule has 3 N–H and O–H groups in total. The molecule has 4 nitrogen and oxygen atoms in total. The van der Waals surface area contributed by atoms with Crippen LogP contribution >= 0.6 is 24.0 Å². The van der Waals surface area contributed by atoms with E-state index >= 15 is 0 Å². The van der Waals surface area contributed by atoms with Crippen LogP contribution in [0.15, 0.2) is 0 Å². The predicted molar refractivity (Wildman–Crippen MR) is 79.9 cm³/mol. The Morgan fingerprint density at radius 2 is 2.11 bits per heavy atom. The minimum atomic E-state index is 0.194. The summed E-state index contributed by atoms with van der Waals surface area (Å²) in [5.41, 5.74) is 5.54. The van der Waals surface area contributed by atoms with Gasteiger partial charge in [0.2, 0.25) is 5.91 Å². The summed E-state index contributed by atoms with van der Waals surface area (Å²) in [5, 5.41) is 3.38. The highest BCUT2D eigenvalue weighted by Crippen LogP contribution is 2.26. The quantitative estimate of drug-likeness (QED) is 0.747. The number of hydrogen-bond acceptors (Lipinski definition) is 4. The lowest BCUT2D eigenvalue weighted by Gasteiger charge is -2.32. The van der Waals surface area contributed by atoms with Crippen LogP contribution in [0.5, 0.6) is 0 Å². The minimum Gasteiger partial charge on any atom is -0.392 e. The Kier molecular flexibility index (Phi) is 5.26. The molecular formula is C12H21N3OS2. The van der Waals surface area contributed by atoms with Gasteiger partial charge in [0.05, 0.1) is 10.2 Å². The van der Waals surface area contributed by atoms with E-state index in [2.05, 4.69) is 10.2 Å². The van der Waals surface area contributed by atoms with Gasteiger partial charge in [0, 0.05) is 25.7 Å². The Morgan fingerprint density at radius 3 is 2.67 bits per heavy atom. The highest BCUT2D eigenvalue weighted by atomic mass is 32.2. The molecule has 0 spiro atoms. The molecule has 2 fully saturated rings. The largest absolute Gasteiger partial charge is 0.392 e. The maximum Gasteiger partial charge on any atom is 0.233 e. The first-order valence-electron chi connectivity index (χ1n) is 6.58. The summed E-state index contributed by atoms with van der Waals surface area (Å²) in [5.74, 6) is 1.37. The van der Waals surface area contributed by atoms with Gasteiger partial charge >= 0.3 is 0 Å². The average molecular weight is 287 g/mol. The summed E-state index contributed by atoms with van der Waals surface area (Å²) in [6, 6.07) is 0.335. The SMILES string of the molecule is NC(=S)CN1CCC(NC(=O)C2CCCS2)CC1. The Labute approximate surface area is 118 Å². The van der Waals surface area contributed by atoms with Crippen molar-refractivity contribution in [3.63, 3.8) is 0 Å². The van der Waals surface area contributed by atoms with Crippen LogP contribution in [0.1, 0.15) is 25.7 Å². The van der Waals surface area contributed by atoms with Crippen LogP contribution in [0, 0.1) is 0 Å². The maximum absolute atomic E-state index is 12.0. The normalized spacial score (nSPS) is 26.1. The van der Waals surface area contributed by atoms with Gasteiger partial charge in [-0.15, -0.1) is 11.8 Å². The second kappa shape index (κ2) is 6.73. The minimum absolute atomic E-state index is 0.194. The van der Waals surface area contributed by atoms with Crippen molar-refractivity contribution >= 4 is 34.9 Å². The van der Waals surface area contributed by atoms with Gasteiger partial charge in [-0.1, -0.05) is 12.2 Å². The Balaban J connectivity index is 1.69. The van der Waals surface area contributed by atoms with E-state index in [1.165, 1.54) is 6.42 Å². The molecule has 0 bridgehead atoms. The lowest BCUT2D eigenvalue weighted by atomic mass is 10.0. The van der Waals surface area contributed by atoms with Crippen LogP contribution in [0.25, 0.3) is 0 Å². The maximum atomic E-state index is 12.0. The molecule has 2 heterocycles. The van der Waals surface area contributed by atoms with Crippen LogP contribution in [-0.4, -0.2) is 52.5 Å². The van der Waals surface area contributed by atoms with E-state index in [1.54, 1.807) is 11.8 Å². The van der Waals surface area contributed by atoms with Crippen molar-refractivity contribution in [1.82, 2.24) is 10.2 Å². The molecule has 0 aromatic heterocycles. The van der Waals surface area contributed by atoms with Crippen molar-refractivity contribution in [1.29, 1.82) is 0 Å². The second-order valence-electron chi connectivity index (χ2n) is 5.03. The van der Waals surface area contributed by atoms with E-state index < -0.39 is 0 Å². The number of amides is 1. The average Bonchev–Trinajstić information content (AvgIpc) is 2.84. The number of nitrogens with two attached hydrogens (primary N) is 1. The number of nitrogens with one attached hydrogen (secondary N) is 1. The van der Waals surface area contributed by atoms with Crippen molar-refractivity contribution in [2.24, 2.45) is 5.73 Å². The molecule has 0 saturated carbocycles. The van der Waals surface area contributed by atoms with Gasteiger partial charge in [-0.25, -0.2) is 0 Å². The summed E-state index contributed by atoms with van der Waals surface area (Å²) in [7, 11) is 0. The van der Waals surface area contributed by atoms with Crippen molar-refractivity contribution < 1.29 is 4.79 Å². The first-order valence-corrected chi connectivity index (χ1v) is 8.03. The summed E-state index contributed by atoms with van der Waals surface area (Å²) < 4.78 is 0. The van der Waals surface area contributed by atoms with E-state index in [9.17, 15) is 4.79 Å². The second-order valence-corrected chi connectivity index (χ2v) is 6.86. The third-order valence-electron chi connectivity index (χ3n) is 3.54. The molecule has 18 heavy (non-hydrogen) atoms. The lowest BCUT2D eigenvalue weighted by Crippen LogP contribution is -2.48. The van der Waals surface area contributed by atoms with Gasteiger partial charge in [-0.3, -0.25) is 9.69 Å². The van der Waals surface area contributed by atoms with Crippen molar-refractivity contribution in [3.8, 4) is 0 Å². The van der Waals surface area contributed by atoms with Crippen LogP contribution in [0.2, 0.25) is 0 Å². The van der Waals surface area contributed by atoms with E-state index in [-0.39, 0.29) is 11.2 Å². The summed E-state index contributed by atoms with van der Waals surface area (Å²) in [6.45, 7) is 2.65. The first-order chi connectivity index (χ1) is 8.65. The van der Waals surface area contributed by atoms with Crippen molar-refractivity contribution in [3.05, 3.63) is 0 Å². The Morgan fingerprint density at radius 1 is 1.39 bits per heavy atom. The highest BCUT2D eigenvalue weighted by Gasteiger charge is 2.27. The Hall–Kier alpha value is -0.330. The molecular weight excluding hydrogens is 266 g/mol. The molecule has 0 aromatic rings. The lowest BCUT2D eigenvalue weighted by molar-refractivity contribution is -0.121. The fourth-order valence-electron chi connectivity index (χ4n) is 2.53. The van der Waals surface area contributed by atoms with Gasteiger partial charge in [-0.05, 0) is 31.4 Å². The fraction of sp³-hybridized carbons (Fsp3) is 0.833. The van der Waals surface area contributed by atoms with Crippen LogP contribution in [-0.2, 0) is 4.79 Å².